The third kappa shape index (κ3) is 3.23. The Hall–Kier alpha value is -1.92. The van der Waals surface area contributed by atoms with Crippen molar-refractivity contribution in [1.29, 1.82) is 0 Å². The van der Waals surface area contributed by atoms with Gasteiger partial charge < -0.3 is 10.2 Å². The van der Waals surface area contributed by atoms with Gasteiger partial charge in [-0.15, -0.1) is 5.10 Å². The van der Waals surface area contributed by atoms with Crippen LogP contribution in [0.5, 0.6) is 0 Å². The average molecular weight is 374 g/mol. The minimum atomic E-state index is -0.0138. The fourth-order valence-electron chi connectivity index (χ4n) is 4.11. The molecule has 2 aliphatic heterocycles. The quantitative estimate of drug-likeness (QED) is 0.897. The van der Waals surface area contributed by atoms with Crippen LogP contribution in [0.25, 0.3) is 0 Å². The van der Waals surface area contributed by atoms with Gasteiger partial charge in [0.1, 0.15) is 0 Å². The van der Waals surface area contributed by atoms with Crippen molar-refractivity contribution in [2.45, 2.75) is 44.7 Å². The summed E-state index contributed by atoms with van der Waals surface area (Å²) in [7, 11) is 0. The van der Waals surface area contributed by atoms with E-state index >= 15 is 0 Å². The molecule has 1 N–H and O–H groups in total. The molecule has 2 fully saturated rings. The lowest BCUT2D eigenvalue weighted by Crippen LogP contribution is -2.32. The third-order valence-corrected chi connectivity index (χ3v) is 5.80. The number of likely N-dealkylation sites (tertiary alicyclic amines) is 1. The fraction of sp³-hybridized carbons (Fsp3) is 0.526. The van der Waals surface area contributed by atoms with Crippen molar-refractivity contribution in [1.82, 2.24) is 25.2 Å². The van der Waals surface area contributed by atoms with Crippen molar-refractivity contribution < 1.29 is 4.79 Å². The molecular weight excluding hydrogens is 350 g/mol. The minimum absolute atomic E-state index is 0.0138. The molecule has 2 saturated heterocycles. The zero-order valence-corrected chi connectivity index (χ0v) is 15.7. The maximum Gasteiger partial charge on any atom is 0.276 e. The second-order valence-electron chi connectivity index (χ2n) is 7.16. The van der Waals surface area contributed by atoms with Gasteiger partial charge in [-0.2, -0.15) is 0 Å². The Balaban J connectivity index is 1.57. The molecular formula is C19H24ClN5O. The number of hydrogen-bond acceptors (Lipinski definition) is 4. The van der Waals surface area contributed by atoms with E-state index in [2.05, 4.69) is 15.6 Å². The molecule has 1 aromatic carbocycles. The van der Waals surface area contributed by atoms with E-state index < -0.39 is 0 Å². The van der Waals surface area contributed by atoms with Crippen LogP contribution in [-0.4, -0.2) is 45.4 Å². The number of carbonyl (C=O) groups is 1. The number of benzene rings is 1. The molecule has 0 spiro atoms. The van der Waals surface area contributed by atoms with E-state index in [0.717, 1.165) is 56.6 Å². The van der Waals surface area contributed by atoms with Gasteiger partial charge in [-0.3, -0.25) is 4.79 Å². The number of nitrogens with zero attached hydrogens (tertiary/aromatic N) is 4. The molecule has 7 heteroatoms. The van der Waals surface area contributed by atoms with E-state index in [1.165, 1.54) is 0 Å². The largest absolute Gasteiger partial charge is 0.330 e. The topological polar surface area (TPSA) is 63.1 Å². The zero-order chi connectivity index (χ0) is 18.1. The first-order chi connectivity index (χ1) is 12.6. The molecule has 138 valence electrons. The van der Waals surface area contributed by atoms with Crippen LogP contribution in [0.4, 0.5) is 0 Å². The zero-order valence-electron chi connectivity index (χ0n) is 15.0. The first-order valence-electron chi connectivity index (χ1n) is 9.34. The van der Waals surface area contributed by atoms with Gasteiger partial charge in [0.05, 0.1) is 17.8 Å². The standard InChI is InChI=1S/C19H24ClN5O/c1-13-18(22-23-25(13)16-8-10-21-11-9-16)19(26)24-12-2-3-17(24)14-4-6-15(20)7-5-14/h4-7,16-17,21H,2-3,8-12H2,1H3. The molecule has 2 aromatic rings. The number of rotatable bonds is 3. The van der Waals surface area contributed by atoms with E-state index in [9.17, 15) is 4.79 Å². The molecule has 2 aliphatic rings. The number of nitrogens with one attached hydrogen (secondary N) is 1. The lowest BCUT2D eigenvalue weighted by molar-refractivity contribution is 0.0728. The highest BCUT2D eigenvalue weighted by Crippen LogP contribution is 2.34. The summed E-state index contributed by atoms with van der Waals surface area (Å²) in [6.45, 7) is 4.68. The van der Waals surface area contributed by atoms with E-state index in [1.54, 1.807) is 0 Å². The molecule has 1 amide bonds. The van der Waals surface area contributed by atoms with E-state index in [-0.39, 0.29) is 11.9 Å². The number of halogens is 1. The molecule has 1 atom stereocenters. The van der Waals surface area contributed by atoms with Gasteiger partial charge in [-0.05, 0) is 63.4 Å². The fourth-order valence-corrected chi connectivity index (χ4v) is 4.24. The Morgan fingerprint density at radius 2 is 1.92 bits per heavy atom. The lowest BCUT2D eigenvalue weighted by atomic mass is 10.0. The van der Waals surface area contributed by atoms with Gasteiger partial charge in [-0.1, -0.05) is 28.9 Å². The van der Waals surface area contributed by atoms with Crippen molar-refractivity contribution >= 4 is 17.5 Å². The predicted molar refractivity (Wildman–Crippen MR) is 100 cm³/mol. The van der Waals surface area contributed by atoms with Crippen LogP contribution in [0.1, 0.15) is 59.5 Å². The average Bonchev–Trinajstić information content (AvgIpc) is 3.29. The Labute approximate surface area is 158 Å². The first-order valence-corrected chi connectivity index (χ1v) is 9.72. The maximum absolute atomic E-state index is 13.2. The van der Waals surface area contributed by atoms with Crippen LogP contribution < -0.4 is 5.32 Å². The van der Waals surface area contributed by atoms with Crippen molar-refractivity contribution in [2.75, 3.05) is 19.6 Å². The number of hydrogen-bond donors (Lipinski definition) is 1. The molecule has 0 bridgehead atoms. The Morgan fingerprint density at radius 1 is 1.19 bits per heavy atom. The number of carbonyl (C=O) groups excluding carboxylic acids is 1. The molecule has 1 unspecified atom stereocenters. The molecule has 3 heterocycles. The summed E-state index contributed by atoms with van der Waals surface area (Å²) in [5.74, 6) is -0.0138. The molecule has 1 aromatic heterocycles. The summed E-state index contributed by atoms with van der Waals surface area (Å²) >= 11 is 6.00. The monoisotopic (exact) mass is 373 g/mol. The molecule has 0 aliphatic carbocycles. The highest BCUT2D eigenvalue weighted by atomic mass is 35.5. The molecule has 0 saturated carbocycles. The highest BCUT2D eigenvalue weighted by molar-refractivity contribution is 6.30. The minimum Gasteiger partial charge on any atom is -0.330 e. The second-order valence-corrected chi connectivity index (χ2v) is 7.59. The van der Waals surface area contributed by atoms with Crippen LogP contribution in [0.15, 0.2) is 24.3 Å². The van der Waals surface area contributed by atoms with Gasteiger partial charge in [0, 0.05) is 11.6 Å². The molecule has 6 nitrogen and oxygen atoms in total. The van der Waals surface area contributed by atoms with Crippen molar-refractivity contribution in [2.24, 2.45) is 0 Å². The Morgan fingerprint density at radius 3 is 2.65 bits per heavy atom. The number of amides is 1. The highest BCUT2D eigenvalue weighted by Gasteiger charge is 2.33. The lowest BCUT2D eigenvalue weighted by Gasteiger charge is -2.25. The summed E-state index contributed by atoms with van der Waals surface area (Å²) in [6, 6.07) is 8.21. The van der Waals surface area contributed by atoms with Gasteiger partial charge in [0.15, 0.2) is 5.69 Å². The van der Waals surface area contributed by atoms with E-state index in [0.29, 0.717) is 16.8 Å². The van der Waals surface area contributed by atoms with Gasteiger partial charge in [-0.25, -0.2) is 4.68 Å². The summed E-state index contributed by atoms with van der Waals surface area (Å²) in [6.07, 6.45) is 4.01. The number of piperidine rings is 1. The van der Waals surface area contributed by atoms with Crippen molar-refractivity contribution in [3.63, 3.8) is 0 Å². The Bertz CT molecular complexity index is 782. The van der Waals surface area contributed by atoms with Gasteiger partial charge >= 0.3 is 0 Å². The van der Waals surface area contributed by atoms with Gasteiger partial charge in [0.25, 0.3) is 5.91 Å². The number of aromatic nitrogens is 3. The maximum atomic E-state index is 13.2. The van der Waals surface area contributed by atoms with E-state index in [1.807, 2.05) is 40.8 Å². The third-order valence-electron chi connectivity index (χ3n) is 5.55. The van der Waals surface area contributed by atoms with Crippen LogP contribution in [0.2, 0.25) is 5.02 Å². The molecule has 26 heavy (non-hydrogen) atoms. The molecule has 0 radical (unpaired) electrons. The van der Waals surface area contributed by atoms with E-state index in [4.69, 9.17) is 11.6 Å². The van der Waals surface area contributed by atoms with Crippen LogP contribution in [-0.2, 0) is 0 Å². The van der Waals surface area contributed by atoms with Crippen molar-refractivity contribution in [3.05, 3.63) is 46.2 Å². The van der Waals surface area contributed by atoms with Crippen LogP contribution in [0, 0.1) is 6.92 Å². The van der Waals surface area contributed by atoms with Crippen LogP contribution in [0.3, 0.4) is 0 Å². The first kappa shape index (κ1) is 17.5. The summed E-state index contributed by atoms with van der Waals surface area (Å²) in [5.41, 5.74) is 2.50. The SMILES string of the molecule is Cc1c(C(=O)N2CCCC2c2ccc(Cl)cc2)nnn1C1CCNCC1. The second kappa shape index (κ2) is 7.37. The summed E-state index contributed by atoms with van der Waals surface area (Å²) in [4.78, 5) is 15.1. The predicted octanol–water partition coefficient (Wildman–Crippen LogP) is 3.14. The summed E-state index contributed by atoms with van der Waals surface area (Å²) in [5, 5.41) is 12.6. The smallest absolute Gasteiger partial charge is 0.276 e. The Kier molecular flexibility index (Phi) is 4.96. The van der Waals surface area contributed by atoms with Gasteiger partial charge in [0.2, 0.25) is 0 Å². The summed E-state index contributed by atoms with van der Waals surface area (Å²) < 4.78 is 1.95. The van der Waals surface area contributed by atoms with Crippen LogP contribution >= 0.6 is 11.6 Å². The molecule has 4 rings (SSSR count). The van der Waals surface area contributed by atoms with Crippen molar-refractivity contribution in [3.8, 4) is 0 Å². The normalized spacial score (nSPS) is 21.3.